The Kier molecular flexibility index (Phi) is 11.3. The molecule has 1 aromatic heterocycles. The van der Waals surface area contributed by atoms with Gasteiger partial charge in [0.1, 0.15) is 6.10 Å². The molecule has 0 aromatic carbocycles. The van der Waals surface area contributed by atoms with E-state index in [1.54, 1.807) is 12.4 Å². The van der Waals surface area contributed by atoms with Crippen LogP contribution in [0.5, 0.6) is 0 Å². The maximum atomic E-state index is 11.6. The van der Waals surface area contributed by atoms with Crippen LogP contribution in [0.2, 0.25) is 0 Å². The van der Waals surface area contributed by atoms with Gasteiger partial charge >= 0.3 is 18.0 Å². The summed E-state index contributed by atoms with van der Waals surface area (Å²) in [6.45, 7) is 0.607. The maximum absolute atomic E-state index is 11.6. The molecule has 9 heteroatoms. The summed E-state index contributed by atoms with van der Waals surface area (Å²) in [4.78, 5) is 33.7. The number of carbonyl (C=O) groups is 3. The van der Waals surface area contributed by atoms with Crippen molar-refractivity contribution in [3.63, 3.8) is 0 Å². The highest BCUT2D eigenvalue weighted by atomic mass is 16.6. The first kappa shape index (κ1) is 22.3. The largest absolute Gasteiger partial charge is 0.473 e. The van der Waals surface area contributed by atoms with Gasteiger partial charge in [0.15, 0.2) is 0 Å². The molecule has 1 saturated carbocycles. The van der Waals surface area contributed by atoms with Crippen molar-refractivity contribution in [2.45, 2.75) is 44.6 Å². The minimum Gasteiger partial charge on any atom is -0.473 e. The lowest BCUT2D eigenvalue weighted by Gasteiger charge is -2.21. The molecule has 25 heavy (non-hydrogen) atoms. The smallest absolute Gasteiger partial charge is 0.414 e. The number of aromatic nitrogens is 1. The number of hydrogen-bond acceptors (Lipinski definition) is 5. The van der Waals surface area contributed by atoms with Crippen molar-refractivity contribution in [2.24, 2.45) is 0 Å². The third kappa shape index (κ3) is 10.7. The van der Waals surface area contributed by atoms with Crippen molar-refractivity contribution < 1.29 is 34.8 Å². The lowest BCUT2D eigenvalue weighted by atomic mass is 9.98. The van der Waals surface area contributed by atoms with Gasteiger partial charge in [-0.05, 0) is 49.8 Å². The van der Waals surface area contributed by atoms with Crippen LogP contribution < -0.4 is 5.32 Å². The zero-order valence-electron chi connectivity index (χ0n) is 13.8. The van der Waals surface area contributed by atoms with Crippen LogP contribution in [-0.2, 0) is 20.7 Å². The molecule has 1 aliphatic rings. The molecule has 1 aromatic rings. The molecule has 2 rings (SSSR count). The summed E-state index contributed by atoms with van der Waals surface area (Å²) in [5.74, 6) is -3.65. The van der Waals surface area contributed by atoms with Gasteiger partial charge in [0.2, 0.25) is 0 Å². The number of rotatable bonds is 4. The lowest BCUT2D eigenvalue weighted by Crippen LogP contribution is -2.31. The lowest BCUT2D eigenvalue weighted by molar-refractivity contribution is -0.159. The molecule has 0 saturated heterocycles. The Hall–Kier alpha value is -2.68. The van der Waals surface area contributed by atoms with Crippen molar-refractivity contribution >= 4 is 18.0 Å². The Morgan fingerprint density at radius 3 is 2.16 bits per heavy atom. The maximum Gasteiger partial charge on any atom is 0.414 e. The summed E-state index contributed by atoms with van der Waals surface area (Å²) in [5, 5.41) is 17.6. The number of hydrogen-bond donors (Lipinski definition) is 3. The molecule has 1 aliphatic carbocycles. The highest BCUT2D eigenvalue weighted by molar-refractivity contribution is 6.27. The molecule has 0 bridgehead atoms. The van der Waals surface area contributed by atoms with Crippen LogP contribution in [0.1, 0.15) is 37.7 Å². The number of amides is 1. The van der Waals surface area contributed by atoms with Gasteiger partial charge in [-0.1, -0.05) is 6.42 Å². The number of pyridine rings is 1. The summed E-state index contributed by atoms with van der Waals surface area (Å²) < 4.78 is 5.37. The molecule has 1 fully saturated rings. The Morgan fingerprint density at radius 1 is 1.08 bits per heavy atom. The van der Waals surface area contributed by atoms with E-state index in [1.165, 1.54) is 24.8 Å². The van der Waals surface area contributed by atoms with Crippen LogP contribution in [0.4, 0.5) is 4.79 Å². The zero-order valence-corrected chi connectivity index (χ0v) is 13.8. The molecular weight excluding hydrogens is 332 g/mol. The van der Waals surface area contributed by atoms with Crippen LogP contribution >= 0.6 is 0 Å². The zero-order chi connectivity index (χ0) is 17.8. The molecule has 140 valence electrons. The number of nitrogens with zero attached hydrogens (tertiary/aromatic N) is 1. The third-order valence-electron chi connectivity index (χ3n) is 3.44. The van der Waals surface area contributed by atoms with Crippen molar-refractivity contribution in [1.29, 1.82) is 0 Å². The molecule has 0 radical (unpaired) electrons. The average molecular weight is 356 g/mol. The fourth-order valence-electron chi connectivity index (χ4n) is 2.23. The Labute approximate surface area is 145 Å². The predicted molar refractivity (Wildman–Crippen MR) is 88.2 cm³/mol. The number of carboxylic acid groups (broad SMARTS) is 2. The third-order valence-corrected chi connectivity index (χ3v) is 3.44. The van der Waals surface area contributed by atoms with Gasteiger partial charge in [-0.2, -0.15) is 0 Å². The number of carboxylic acids is 2. The Balaban J connectivity index is 0.000000715. The first-order valence-electron chi connectivity index (χ1n) is 7.78. The molecule has 9 nitrogen and oxygen atoms in total. The highest BCUT2D eigenvalue weighted by Gasteiger charge is 2.17. The van der Waals surface area contributed by atoms with Gasteiger partial charge < -0.3 is 25.7 Å². The van der Waals surface area contributed by atoms with Gasteiger partial charge in [0, 0.05) is 18.9 Å². The van der Waals surface area contributed by atoms with Gasteiger partial charge in [-0.3, -0.25) is 4.98 Å². The van der Waals surface area contributed by atoms with E-state index in [2.05, 4.69) is 10.3 Å². The minimum atomic E-state index is -1.82. The number of nitrogens with one attached hydrogen (secondary N) is 1. The number of alkyl carbamates (subject to hydrolysis) is 1. The Morgan fingerprint density at radius 2 is 1.64 bits per heavy atom. The van der Waals surface area contributed by atoms with Crippen molar-refractivity contribution in [1.82, 2.24) is 10.3 Å². The van der Waals surface area contributed by atoms with Gasteiger partial charge in [-0.15, -0.1) is 0 Å². The standard InChI is InChI=1S/C14H20N2O2.C2H2O4.H2O/c17-14(18-13-4-2-1-3-5-13)16-11-8-12-6-9-15-10-7-12;3-1(4)2(5)6;/h6-7,9-10,13H,1-5,8,11H2,(H,16,17);(H,3,4)(H,5,6);1H2. The first-order chi connectivity index (χ1) is 11.5. The van der Waals surface area contributed by atoms with E-state index in [4.69, 9.17) is 24.5 Å². The first-order valence-corrected chi connectivity index (χ1v) is 7.78. The number of carbonyl (C=O) groups excluding carboxylic acids is 1. The van der Waals surface area contributed by atoms with E-state index in [-0.39, 0.29) is 17.7 Å². The molecule has 1 heterocycles. The molecule has 0 spiro atoms. The number of ether oxygens (including phenoxy) is 1. The quantitative estimate of drug-likeness (QED) is 0.679. The molecule has 0 atom stereocenters. The highest BCUT2D eigenvalue weighted by Crippen LogP contribution is 2.20. The van der Waals surface area contributed by atoms with E-state index >= 15 is 0 Å². The van der Waals surface area contributed by atoms with Crippen LogP contribution in [0.15, 0.2) is 24.5 Å². The van der Waals surface area contributed by atoms with Crippen LogP contribution in [-0.4, -0.2) is 51.4 Å². The van der Waals surface area contributed by atoms with Crippen molar-refractivity contribution in [3.05, 3.63) is 30.1 Å². The van der Waals surface area contributed by atoms with E-state index < -0.39 is 11.9 Å². The second kappa shape index (κ2) is 12.7. The molecule has 0 unspecified atom stereocenters. The van der Waals surface area contributed by atoms with E-state index in [0.717, 1.165) is 19.3 Å². The summed E-state index contributed by atoms with van der Waals surface area (Å²) in [6, 6.07) is 3.91. The van der Waals surface area contributed by atoms with Gasteiger partial charge in [0.05, 0.1) is 0 Å². The van der Waals surface area contributed by atoms with E-state index in [1.807, 2.05) is 12.1 Å². The molecule has 1 amide bonds. The Bertz CT molecular complexity index is 519. The second-order valence-corrected chi connectivity index (χ2v) is 5.31. The topological polar surface area (TPSA) is 157 Å². The second-order valence-electron chi connectivity index (χ2n) is 5.31. The average Bonchev–Trinajstić information content (AvgIpc) is 2.57. The molecular formula is C16H24N2O7. The summed E-state index contributed by atoms with van der Waals surface area (Å²) >= 11 is 0. The minimum absolute atomic E-state index is 0. The predicted octanol–water partition coefficient (Wildman–Crippen LogP) is 1.01. The fourth-order valence-corrected chi connectivity index (χ4v) is 2.23. The summed E-state index contributed by atoms with van der Waals surface area (Å²) in [7, 11) is 0. The SMILES string of the molecule is O.O=C(NCCc1ccncc1)OC1CCCCC1.O=C(O)C(=O)O. The van der Waals surface area contributed by atoms with Crippen LogP contribution in [0.3, 0.4) is 0 Å². The van der Waals surface area contributed by atoms with Crippen LogP contribution in [0, 0.1) is 0 Å². The normalized spacial score (nSPS) is 13.4. The van der Waals surface area contributed by atoms with E-state index in [0.29, 0.717) is 6.54 Å². The monoisotopic (exact) mass is 356 g/mol. The summed E-state index contributed by atoms with van der Waals surface area (Å²) in [6.07, 6.45) is 9.81. The fraction of sp³-hybridized carbons (Fsp3) is 0.500. The van der Waals surface area contributed by atoms with Gasteiger partial charge in [0.25, 0.3) is 0 Å². The molecule has 5 N–H and O–H groups in total. The summed E-state index contributed by atoms with van der Waals surface area (Å²) in [5.41, 5.74) is 1.17. The van der Waals surface area contributed by atoms with Crippen molar-refractivity contribution in [2.75, 3.05) is 6.54 Å². The van der Waals surface area contributed by atoms with Crippen molar-refractivity contribution in [3.8, 4) is 0 Å². The van der Waals surface area contributed by atoms with Crippen LogP contribution in [0.25, 0.3) is 0 Å². The van der Waals surface area contributed by atoms with E-state index in [9.17, 15) is 4.79 Å². The number of aliphatic carboxylic acids is 2. The molecule has 0 aliphatic heterocycles. The van der Waals surface area contributed by atoms with Gasteiger partial charge in [-0.25, -0.2) is 14.4 Å².